The first-order valence-corrected chi connectivity index (χ1v) is 36.7. The molecule has 0 spiro atoms. The minimum absolute atomic E-state index is 0.0731. The first kappa shape index (κ1) is 71.9. The van der Waals surface area contributed by atoms with E-state index in [0.29, 0.717) is 65.0 Å². The van der Waals surface area contributed by atoms with Gasteiger partial charge in [0.15, 0.2) is 0 Å². The average Bonchev–Trinajstić information content (AvgIpc) is 1.61. The number of halogens is 6. The lowest BCUT2D eigenvalue weighted by Gasteiger charge is -2.49. The molecule has 4 aromatic carbocycles. The second-order valence-corrected chi connectivity index (χ2v) is 29.3. The first-order valence-electron chi connectivity index (χ1n) is 36.7. The number of imidazole rings is 1. The molecular weight excluding hydrogens is 1420 g/mol. The molecule has 4 aliphatic heterocycles. The van der Waals surface area contributed by atoms with Gasteiger partial charge in [0.05, 0.1) is 64.5 Å². The summed E-state index contributed by atoms with van der Waals surface area (Å²) in [6, 6.07) is 25.4. The number of nitrogens with zero attached hydrogens (tertiary/aromatic N) is 14. The normalized spacial score (nSPS) is 22.2. The van der Waals surface area contributed by atoms with Crippen molar-refractivity contribution in [3.05, 3.63) is 161 Å². The summed E-state index contributed by atoms with van der Waals surface area (Å²) in [7, 11) is 3.15. The number of pyridine rings is 3. The van der Waals surface area contributed by atoms with Crippen molar-refractivity contribution in [2.24, 2.45) is 30.7 Å². The number of hydrogen-bond acceptors (Lipinski definition) is 17. The number of ether oxygens (including phenoxy) is 1. The van der Waals surface area contributed by atoms with Crippen LogP contribution in [0.2, 0.25) is 0 Å². The number of amides is 7. The molecule has 16 rings (SSSR count). The highest BCUT2D eigenvalue weighted by molar-refractivity contribution is 6.10. The Bertz CT molecular complexity index is 5310. The number of methoxy groups -OCH3 is 1. The third-order valence-electron chi connectivity index (χ3n) is 22.9. The maximum absolute atomic E-state index is 14.1. The average molecular weight is 1500 g/mol. The fourth-order valence-corrected chi connectivity index (χ4v) is 17.4. The molecule has 10 heterocycles. The highest BCUT2D eigenvalue weighted by Crippen LogP contribution is 2.51. The number of piperidine rings is 1. The van der Waals surface area contributed by atoms with Crippen LogP contribution in [0.25, 0.3) is 43.6 Å². The Balaban J connectivity index is 0.703. The molecule has 0 bridgehead atoms. The Morgan fingerprint density at radius 2 is 1.19 bits per heavy atom. The lowest BCUT2D eigenvalue weighted by atomic mass is 9.62. The summed E-state index contributed by atoms with van der Waals surface area (Å²) in [4.78, 5) is 115. The van der Waals surface area contributed by atoms with Crippen molar-refractivity contribution in [1.82, 2.24) is 64.1 Å². The van der Waals surface area contributed by atoms with Gasteiger partial charge in [-0.2, -0.15) is 36.5 Å². The summed E-state index contributed by atoms with van der Waals surface area (Å²) < 4.78 is 95.2. The number of benzene rings is 4. The van der Waals surface area contributed by atoms with Crippen molar-refractivity contribution in [3.63, 3.8) is 0 Å². The van der Waals surface area contributed by atoms with Crippen LogP contribution in [-0.2, 0) is 33.8 Å². The summed E-state index contributed by atoms with van der Waals surface area (Å²) in [5.41, 5.74) is 2.13. The number of nitrogens with one attached hydrogen (secondary N) is 4. The molecule has 6 fully saturated rings. The van der Waals surface area contributed by atoms with Gasteiger partial charge in [-0.05, 0) is 141 Å². The van der Waals surface area contributed by atoms with Gasteiger partial charge in [-0.25, -0.2) is 19.6 Å². The van der Waals surface area contributed by atoms with Crippen LogP contribution in [0, 0.1) is 23.7 Å². The van der Waals surface area contributed by atoms with Crippen molar-refractivity contribution in [2.75, 3.05) is 104 Å². The molecule has 2 aliphatic carbocycles. The molecule has 566 valence electrons. The molecule has 4 saturated heterocycles. The third kappa shape index (κ3) is 14.5. The number of hydrogen-bond donors (Lipinski definition) is 4. The number of alkyl halides is 6. The number of carbonyl (C=O) groups excluding carboxylic acids is 6. The second-order valence-electron chi connectivity index (χ2n) is 29.3. The van der Waals surface area contributed by atoms with Gasteiger partial charge in [0.1, 0.15) is 34.6 Å². The lowest BCUT2D eigenvalue weighted by molar-refractivity contribution is -0.142. The molecule has 26 nitrogen and oxygen atoms in total. The van der Waals surface area contributed by atoms with E-state index in [9.17, 15) is 59.9 Å². The molecule has 109 heavy (non-hydrogen) atoms. The minimum atomic E-state index is -4.77. The van der Waals surface area contributed by atoms with Gasteiger partial charge in [0.25, 0.3) is 11.8 Å². The van der Waals surface area contributed by atoms with E-state index in [4.69, 9.17) is 14.9 Å². The van der Waals surface area contributed by atoms with E-state index in [0.717, 1.165) is 130 Å². The Kier molecular flexibility index (Phi) is 19.2. The van der Waals surface area contributed by atoms with Crippen LogP contribution in [0.1, 0.15) is 108 Å². The van der Waals surface area contributed by atoms with Crippen LogP contribution in [-0.4, -0.2) is 168 Å². The fraction of sp³-hybridized carbons (Fsp3) is 0.403. The van der Waals surface area contributed by atoms with Gasteiger partial charge in [-0.1, -0.05) is 24.3 Å². The van der Waals surface area contributed by atoms with Crippen molar-refractivity contribution in [2.45, 2.75) is 88.3 Å². The van der Waals surface area contributed by atoms with Crippen LogP contribution < -0.4 is 46.4 Å². The van der Waals surface area contributed by atoms with E-state index >= 15 is 0 Å². The summed E-state index contributed by atoms with van der Waals surface area (Å²) in [6.07, 6.45) is 3.15. The van der Waals surface area contributed by atoms with Gasteiger partial charge in [0.2, 0.25) is 17.7 Å². The van der Waals surface area contributed by atoms with Crippen molar-refractivity contribution in [1.29, 1.82) is 0 Å². The zero-order chi connectivity index (χ0) is 75.7. The van der Waals surface area contributed by atoms with E-state index in [2.05, 4.69) is 68.0 Å². The smallest absolute Gasteiger partial charge is 0.433 e. The fourth-order valence-electron chi connectivity index (χ4n) is 17.4. The summed E-state index contributed by atoms with van der Waals surface area (Å²) in [5.74, 6) is -1.96. The molecule has 7 amide bonds. The Morgan fingerprint density at radius 3 is 1.82 bits per heavy atom. The van der Waals surface area contributed by atoms with Crippen LogP contribution in [0.5, 0.6) is 5.75 Å². The summed E-state index contributed by atoms with van der Waals surface area (Å²) in [5, 5.41) is 23.8. The molecule has 6 aromatic heterocycles. The molecule has 10 aromatic rings. The predicted molar refractivity (Wildman–Crippen MR) is 393 cm³/mol. The number of anilines is 5. The topological polar surface area (TPSA) is 277 Å². The highest BCUT2D eigenvalue weighted by Gasteiger charge is 2.45. The number of urea groups is 1. The number of aromatic nitrogens is 9. The number of para-hydroxylation sites is 1. The number of aryl methyl sites for hydroxylation is 1. The largest absolute Gasteiger partial charge is 0.494 e. The number of imide groups is 2. The SMILES string of the molecule is COc1cc2nn([C@H]3CC[C@H](CN4CCN(c5ccc6c(N7CCC(=O)NC7=O)cncc6c5)CC4)C(C4C[C@@H](n5cc6cc(NC(=O)c7cccc(C(F)(F)F)n7)ccc6n5)CC[C@@H]4CN4CCN(c5cccc6c5n(C)c(=O)n6C5CCC(=O)NC5=O)CC4)C3)cc2cc1NC(=O)c1cccc(C(F)(F)F)n1. The Morgan fingerprint density at radius 1 is 0.587 bits per heavy atom. The van der Waals surface area contributed by atoms with Gasteiger partial charge in [-0.3, -0.25) is 72.8 Å². The van der Waals surface area contributed by atoms with E-state index in [-0.39, 0.29) is 96.2 Å². The van der Waals surface area contributed by atoms with Crippen molar-refractivity contribution in [3.8, 4) is 5.75 Å². The standard InChI is InChI=1S/C77H78F6N18O8/c1-93-70-61(8-5-9-62(70)101(75(93)108)63-20-21-68(102)89-73(63)106)97-30-26-95(27-31-97)41-45-12-15-51(99-42-47-32-49(14-19-56(47)91-99)85-71(104)57-6-3-10-66(86-57)76(78,79)80)35-54(45)55-36-52(100-43-48-34-60(65(109-2)37-59(48)92-100)88-72(105)58-7-4-11-67(87-58)77(81,82)83)16-13-44(55)40-94-24-28-96(29-25-94)50-17-18-53-46(33-50)38-84-39-64(53)98-23-22-69(103)90-74(98)107/h3-11,14,17-19,32-34,37-39,42-45,51-52,54-55,63H,12-13,15-16,20-31,35-36,40-41H2,1-2H3,(H,85,104)(H,88,105)(H,89,102,106)(H,90,103,107)/t44-,45-,51+,52+,54?,55?,63?/m1/s1. The molecule has 2 saturated carbocycles. The molecule has 7 atom stereocenters. The number of carbonyl (C=O) groups is 6. The third-order valence-corrected chi connectivity index (χ3v) is 22.9. The van der Waals surface area contributed by atoms with Gasteiger partial charge < -0.3 is 25.2 Å². The van der Waals surface area contributed by atoms with Crippen LogP contribution in [0.15, 0.2) is 133 Å². The Labute approximate surface area is 619 Å². The van der Waals surface area contributed by atoms with Crippen molar-refractivity contribution < 1.29 is 59.8 Å². The van der Waals surface area contributed by atoms with E-state index in [1.807, 2.05) is 46.0 Å². The molecule has 6 aliphatic rings. The van der Waals surface area contributed by atoms with E-state index in [1.165, 1.54) is 23.8 Å². The zero-order valence-corrected chi connectivity index (χ0v) is 59.6. The van der Waals surface area contributed by atoms with E-state index in [1.54, 1.807) is 59.2 Å². The second kappa shape index (κ2) is 29.0. The number of rotatable bonds is 16. The van der Waals surface area contributed by atoms with Gasteiger partial charge in [-0.15, -0.1) is 0 Å². The highest BCUT2D eigenvalue weighted by atomic mass is 19.4. The van der Waals surface area contributed by atoms with E-state index < -0.39 is 59.2 Å². The van der Waals surface area contributed by atoms with Crippen LogP contribution in [0.4, 0.5) is 59.6 Å². The zero-order valence-electron chi connectivity index (χ0n) is 59.6. The summed E-state index contributed by atoms with van der Waals surface area (Å²) >= 11 is 0. The number of piperazine rings is 2. The van der Waals surface area contributed by atoms with Crippen LogP contribution >= 0.6 is 0 Å². The minimum Gasteiger partial charge on any atom is -0.494 e. The maximum Gasteiger partial charge on any atom is 0.433 e. The molecule has 0 radical (unpaired) electrons. The Hall–Kier alpha value is -11.3. The predicted octanol–water partition coefficient (Wildman–Crippen LogP) is 10.6. The van der Waals surface area contributed by atoms with Crippen molar-refractivity contribution >= 4 is 108 Å². The molecule has 32 heteroatoms. The van der Waals surface area contributed by atoms with Gasteiger partial charge >= 0.3 is 24.1 Å². The quantitative estimate of drug-likeness (QED) is 0.0517. The maximum atomic E-state index is 14.1. The monoisotopic (exact) mass is 1500 g/mol. The first-order chi connectivity index (χ1) is 52.4. The molecule has 3 unspecified atom stereocenters. The molecular formula is C77H78F6N18O8. The van der Waals surface area contributed by atoms with Crippen LogP contribution in [0.3, 0.4) is 0 Å². The summed E-state index contributed by atoms with van der Waals surface area (Å²) in [6.45, 7) is 7.65. The van der Waals surface area contributed by atoms with Gasteiger partial charge in [0, 0.05) is 149 Å². The number of fused-ring (bicyclic) bond motifs is 4. The molecule has 4 N–H and O–H groups in total. The lowest BCUT2D eigenvalue weighted by Crippen LogP contribution is -2.52.